The molecule has 0 aromatic heterocycles. The molecule has 1 heterocycles. The van der Waals surface area contributed by atoms with Gasteiger partial charge in [0.1, 0.15) is 0 Å². The molecule has 2 amide bonds. The molecular weight excluding hydrogens is 362 g/mol. The van der Waals surface area contributed by atoms with Crippen LogP contribution in [0.1, 0.15) is 37.4 Å². The molecule has 0 fully saturated rings. The van der Waals surface area contributed by atoms with E-state index in [9.17, 15) is 9.59 Å². The molecule has 142 valence electrons. The first-order chi connectivity index (χ1) is 14.1. The number of rotatable bonds is 3. The highest BCUT2D eigenvalue weighted by atomic mass is 16.2. The Balaban J connectivity index is 1.48. The van der Waals surface area contributed by atoms with Crippen LogP contribution in [0.15, 0.2) is 72.8 Å². The van der Waals surface area contributed by atoms with Crippen LogP contribution in [0.3, 0.4) is 0 Å². The third-order valence-corrected chi connectivity index (χ3v) is 5.06. The molecule has 3 aromatic rings. The zero-order valence-electron chi connectivity index (χ0n) is 15.8. The molecule has 4 rings (SSSR count). The number of nitrogens with zero attached hydrogens (tertiary/aromatic N) is 2. The fourth-order valence-electron chi connectivity index (χ4n) is 3.48. The van der Waals surface area contributed by atoms with Crippen molar-refractivity contribution in [1.82, 2.24) is 4.90 Å². The van der Waals surface area contributed by atoms with Crippen LogP contribution in [0.2, 0.25) is 0 Å². The topological polar surface area (TPSA) is 73.2 Å². The normalized spacial score (nSPS) is 12.6. The molecular formula is C24H19N3O2. The van der Waals surface area contributed by atoms with Gasteiger partial charge in [0.05, 0.1) is 11.6 Å². The third kappa shape index (κ3) is 4.02. The van der Waals surface area contributed by atoms with Crippen molar-refractivity contribution in [1.29, 1.82) is 5.26 Å². The smallest absolute Gasteiger partial charge is 0.255 e. The summed E-state index contributed by atoms with van der Waals surface area (Å²) in [7, 11) is 0. The first-order valence-corrected chi connectivity index (χ1v) is 9.42. The predicted molar refractivity (Wildman–Crippen MR) is 110 cm³/mol. The minimum atomic E-state index is -0.298. The summed E-state index contributed by atoms with van der Waals surface area (Å²) in [6, 6.07) is 23.6. The van der Waals surface area contributed by atoms with E-state index in [1.54, 1.807) is 48.5 Å². The number of carbonyl (C=O) groups excluding carboxylic acids is 2. The molecule has 5 nitrogen and oxygen atoms in total. The number of nitrogens with one attached hydrogen (secondary N) is 1. The van der Waals surface area contributed by atoms with Crippen LogP contribution in [0.4, 0.5) is 5.69 Å². The van der Waals surface area contributed by atoms with Gasteiger partial charge in [-0.05, 0) is 60.0 Å². The average Bonchev–Trinajstić information content (AvgIpc) is 2.79. The van der Waals surface area contributed by atoms with E-state index in [2.05, 4.69) is 17.4 Å². The van der Waals surface area contributed by atoms with Crippen LogP contribution in [0.25, 0.3) is 0 Å². The van der Waals surface area contributed by atoms with Crippen molar-refractivity contribution in [2.75, 3.05) is 11.9 Å². The predicted octanol–water partition coefficient (Wildman–Crippen LogP) is 4.01. The van der Waals surface area contributed by atoms with Crippen molar-refractivity contribution >= 4 is 17.5 Å². The summed E-state index contributed by atoms with van der Waals surface area (Å²) in [5.41, 5.74) is 4.49. The minimum absolute atomic E-state index is 0.0764. The van der Waals surface area contributed by atoms with Crippen LogP contribution in [-0.4, -0.2) is 23.3 Å². The number of nitriles is 1. The monoisotopic (exact) mass is 381 g/mol. The summed E-state index contributed by atoms with van der Waals surface area (Å²) in [4.78, 5) is 27.4. The van der Waals surface area contributed by atoms with Crippen LogP contribution in [0, 0.1) is 11.3 Å². The molecule has 0 bridgehead atoms. The van der Waals surface area contributed by atoms with Gasteiger partial charge in [0.25, 0.3) is 11.8 Å². The molecule has 0 saturated heterocycles. The Morgan fingerprint density at radius 2 is 1.62 bits per heavy atom. The summed E-state index contributed by atoms with van der Waals surface area (Å²) in [5.74, 6) is -0.374. The van der Waals surface area contributed by atoms with Crippen LogP contribution < -0.4 is 5.32 Å². The lowest BCUT2D eigenvalue weighted by atomic mass is 9.99. The Morgan fingerprint density at radius 3 is 2.38 bits per heavy atom. The zero-order valence-corrected chi connectivity index (χ0v) is 15.8. The second-order valence-corrected chi connectivity index (χ2v) is 6.97. The van der Waals surface area contributed by atoms with Gasteiger partial charge in [-0.2, -0.15) is 5.26 Å². The average molecular weight is 381 g/mol. The number of fused-ring (bicyclic) bond motifs is 1. The van der Waals surface area contributed by atoms with Gasteiger partial charge in [0, 0.05) is 29.9 Å². The van der Waals surface area contributed by atoms with Gasteiger partial charge < -0.3 is 10.2 Å². The van der Waals surface area contributed by atoms with Gasteiger partial charge in [-0.25, -0.2) is 0 Å². The largest absolute Gasteiger partial charge is 0.334 e. The van der Waals surface area contributed by atoms with Gasteiger partial charge in [-0.3, -0.25) is 9.59 Å². The molecule has 0 unspecified atom stereocenters. The van der Waals surface area contributed by atoms with E-state index in [1.165, 1.54) is 11.1 Å². The Kier molecular flexibility index (Phi) is 5.08. The van der Waals surface area contributed by atoms with Gasteiger partial charge in [0.15, 0.2) is 0 Å². The minimum Gasteiger partial charge on any atom is -0.334 e. The summed E-state index contributed by atoms with van der Waals surface area (Å²) >= 11 is 0. The van der Waals surface area contributed by atoms with E-state index in [0.29, 0.717) is 35.5 Å². The van der Waals surface area contributed by atoms with E-state index in [-0.39, 0.29) is 11.8 Å². The van der Waals surface area contributed by atoms with Crippen LogP contribution >= 0.6 is 0 Å². The molecule has 0 atom stereocenters. The number of carbonyl (C=O) groups is 2. The first-order valence-electron chi connectivity index (χ1n) is 9.42. The SMILES string of the molecule is N#Cc1ccc(NC(=O)c2cccc(C(=O)N3CCc4ccccc4C3)c2)cc1. The van der Waals surface area contributed by atoms with E-state index in [0.717, 1.165) is 6.42 Å². The maximum absolute atomic E-state index is 13.0. The highest BCUT2D eigenvalue weighted by Gasteiger charge is 2.22. The standard InChI is InChI=1S/C24H19N3O2/c25-15-17-8-10-22(11-9-17)26-23(28)19-6-3-7-20(14-19)24(29)27-13-12-18-4-1-2-5-21(18)16-27/h1-11,14H,12-13,16H2,(H,26,28). The molecule has 0 radical (unpaired) electrons. The maximum atomic E-state index is 13.0. The lowest BCUT2D eigenvalue weighted by Gasteiger charge is -2.29. The van der Waals surface area contributed by atoms with Crippen molar-refractivity contribution in [2.24, 2.45) is 0 Å². The van der Waals surface area contributed by atoms with E-state index >= 15 is 0 Å². The van der Waals surface area contributed by atoms with Gasteiger partial charge in [-0.15, -0.1) is 0 Å². The van der Waals surface area contributed by atoms with E-state index < -0.39 is 0 Å². The molecule has 5 heteroatoms. The fraction of sp³-hybridized carbons (Fsp3) is 0.125. The third-order valence-electron chi connectivity index (χ3n) is 5.06. The van der Waals surface area contributed by atoms with Crippen molar-refractivity contribution in [3.05, 3.63) is 101 Å². The highest BCUT2D eigenvalue weighted by Crippen LogP contribution is 2.21. The number of anilines is 1. The Bertz CT molecular complexity index is 1110. The Labute approximate surface area is 169 Å². The van der Waals surface area contributed by atoms with E-state index in [1.807, 2.05) is 23.1 Å². The van der Waals surface area contributed by atoms with Gasteiger partial charge in [0.2, 0.25) is 0 Å². The number of amides is 2. The highest BCUT2D eigenvalue weighted by molar-refractivity contribution is 6.06. The van der Waals surface area contributed by atoms with E-state index in [4.69, 9.17) is 5.26 Å². The Hall–Kier alpha value is -3.91. The quantitative estimate of drug-likeness (QED) is 0.745. The molecule has 3 aromatic carbocycles. The van der Waals surface area contributed by atoms with Gasteiger partial charge >= 0.3 is 0 Å². The number of hydrogen-bond donors (Lipinski definition) is 1. The van der Waals surface area contributed by atoms with Crippen molar-refractivity contribution < 1.29 is 9.59 Å². The van der Waals surface area contributed by atoms with Gasteiger partial charge in [-0.1, -0.05) is 30.3 Å². The maximum Gasteiger partial charge on any atom is 0.255 e. The second-order valence-electron chi connectivity index (χ2n) is 6.97. The summed E-state index contributed by atoms with van der Waals surface area (Å²) < 4.78 is 0. The first kappa shape index (κ1) is 18.5. The second kappa shape index (κ2) is 7.99. The van der Waals surface area contributed by atoms with Crippen molar-refractivity contribution in [3.8, 4) is 6.07 Å². The summed E-state index contributed by atoms with van der Waals surface area (Å²) in [6.07, 6.45) is 0.834. The van der Waals surface area contributed by atoms with Crippen LogP contribution in [-0.2, 0) is 13.0 Å². The fourth-order valence-corrected chi connectivity index (χ4v) is 3.48. The lowest BCUT2D eigenvalue weighted by molar-refractivity contribution is 0.0734. The van der Waals surface area contributed by atoms with Crippen molar-refractivity contribution in [3.63, 3.8) is 0 Å². The summed E-state index contributed by atoms with van der Waals surface area (Å²) in [6.45, 7) is 1.24. The Morgan fingerprint density at radius 1 is 0.897 bits per heavy atom. The zero-order chi connectivity index (χ0) is 20.2. The molecule has 0 saturated carbocycles. The number of hydrogen-bond acceptors (Lipinski definition) is 3. The molecule has 0 spiro atoms. The molecule has 29 heavy (non-hydrogen) atoms. The lowest BCUT2D eigenvalue weighted by Crippen LogP contribution is -2.36. The van der Waals surface area contributed by atoms with Crippen molar-refractivity contribution in [2.45, 2.75) is 13.0 Å². The number of benzene rings is 3. The summed E-state index contributed by atoms with van der Waals surface area (Å²) in [5, 5.41) is 11.7. The molecule has 0 aliphatic carbocycles. The molecule has 1 aliphatic heterocycles. The van der Waals surface area contributed by atoms with Crippen LogP contribution in [0.5, 0.6) is 0 Å². The molecule has 1 N–H and O–H groups in total. The molecule has 1 aliphatic rings.